The second-order valence-corrected chi connectivity index (χ2v) is 3.76. The third-order valence-electron chi connectivity index (χ3n) is 2.50. The van der Waals surface area contributed by atoms with E-state index in [1.54, 1.807) is 0 Å². The first-order valence-corrected chi connectivity index (χ1v) is 4.78. The summed E-state index contributed by atoms with van der Waals surface area (Å²) in [6.45, 7) is 7.23. The number of nitrogens with zero attached hydrogens (tertiary/aromatic N) is 1. The van der Waals surface area contributed by atoms with Crippen LogP contribution in [0.5, 0.6) is 0 Å². The SMILES string of the molecule is CC(=O)/C(=N\O)c1cc(C)cc(C)c1C. The van der Waals surface area contributed by atoms with Crippen LogP contribution in [0.3, 0.4) is 0 Å². The van der Waals surface area contributed by atoms with Gasteiger partial charge >= 0.3 is 0 Å². The van der Waals surface area contributed by atoms with Gasteiger partial charge in [0, 0.05) is 12.5 Å². The molecular formula is C12H15NO2. The minimum Gasteiger partial charge on any atom is -0.410 e. The van der Waals surface area contributed by atoms with Crippen LogP contribution in [0.15, 0.2) is 17.3 Å². The van der Waals surface area contributed by atoms with E-state index < -0.39 is 0 Å². The lowest BCUT2D eigenvalue weighted by molar-refractivity contribution is -0.111. The fraction of sp³-hybridized carbons (Fsp3) is 0.333. The molecule has 0 bridgehead atoms. The Morgan fingerprint density at radius 3 is 2.33 bits per heavy atom. The smallest absolute Gasteiger partial charge is 0.182 e. The molecule has 0 heterocycles. The minimum atomic E-state index is -0.231. The molecule has 80 valence electrons. The zero-order valence-corrected chi connectivity index (χ0v) is 9.46. The lowest BCUT2D eigenvalue weighted by Gasteiger charge is -2.09. The van der Waals surface area contributed by atoms with Crippen molar-refractivity contribution in [3.05, 3.63) is 34.4 Å². The molecule has 1 N–H and O–H groups in total. The topological polar surface area (TPSA) is 49.7 Å². The number of ketones is 1. The maximum atomic E-state index is 11.3. The van der Waals surface area contributed by atoms with Gasteiger partial charge in [-0.2, -0.15) is 0 Å². The number of hydrogen-bond donors (Lipinski definition) is 1. The van der Waals surface area contributed by atoms with Gasteiger partial charge in [0.2, 0.25) is 0 Å². The number of rotatable bonds is 2. The third kappa shape index (κ3) is 2.24. The molecule has 1 rings (SSSR count). The number of carbonyl (C=O) groups is 1. The van der Waals surface area contributed by atoms with Crippen molar-refractivity contribution in [1.82, 2.24) is 0 Å². The zero-order valence-electron chi connectivity index (χ0n) is 9.46. The molecule has 0 amide bonds. The van der Waals surface area contributed by atoms with Crippen LogP contribution in [-0.4, -0.2) is 16.7 Å². The van der Waals surface area contributed by atoms with Crippen LogP contribution in [0.25, 0.3) is 0 Å². The first-order chi connectivity index (χ1) is 6.97. The molecule has 1 aromatic rings. The maximum absolute atomic E-state index is 11.3. The zero-order chi connectivity index (χ0) is 11.6. The Morgan fingerprint density at radius 1 is 1.27 bits per heavy atom. The number of oxime groups is 1. The minimum absolute atomic E-state index is 0.124. The van der Waals surface area contributed by atoms with Gasteiger partial charge in [-0.3, -0.25) is 4.79 Å². The molecule has 1 aromatic carbocycles. The van der Waals surface area contributed by atoms with Crippen LogP contribution in [0.4, 0.5) is 0 Å². The van der Waals surface area contributed by atoms with Gasteiger partial charge in [-0.15, -0.1) is 0 Å². The summed E-state index contributed by atoms with van der Waals surface area (Å²) in [6.07, 6.45) is 0. The van der Waals surface area contributed by atoms with Crippen molar-refractivity contribution in [1.29, 1.82) is 0 Å². The third-order valence-corrected chi connectivity index (χ3v) is 2.50. The molecule has 0 saturated heterocycles. The highest BCUT2D eigenvalue weighted by Crippen LogP contribution is 2.17. The van der Waals surface area contributed by atoms with Crippen LogP contribution < -0.4 is 0 Å². The Balaban J connectivity index is 3.43. The molecule has 15 heavy (non-hydrogen) atoms. The van der Waals surface area contributed by atoms with Crippen molar-refractivity contribution in [2.45, 2.75) is 27.7 Å². The van der Waals surface area contributed by atoms with Gasteiger partial charge < -0.3 is 5.21 Å². The fourth-order valence-corrected chi connectivity index (χ4v) is 1.60. The van der Waals surface area contributed by atoms with Crippen molar-refractivity contribution >= 4 is 11.5 Å². The molecule has 3 heteroatoms. The van der Waals surface area contributed by atoms with Gasteiger partial charge in [0.15, 0.2) is 11.5 Å². The highest BCUT2D eigenvalue weighted by atomic mass is 16.4. The van der Waals surface area contributed by atoms with Gasteiger partial charge in [-0.25, -0.2) is 0 Å². The van der Waals surface area contributed by atoms with Gasteiger partial charge in [-0.1, -0.05) is 16.8 Å². The molecule has 0 unspecified atom stereocenters. The first-order valence-electron chi connectivity index (χ1n) is 4.78. The Bertz CT molecular complexity index is 433. The largest absolute Gasteiger partial charge is 0.410 e. The van der Waals surface area contributed by atoms with Crippen molar-refractivity contribution < 1.29 is 10.0 Å². The summed E-state index contributed by atoms with van der Waals surface area (Å²) in [4.78, 5) is 11.3. The van der Waals surface area contributed by atoms with Crippen molar-refractivity contribution in [2.75, 3.05) is 0 Å². The molecule has 0 aliphatic rings. The van der Waals surface area contributed by atoms with Gasteiger partial charge in [-0.05, 0) is 38.0 Å². The van der Waals surface area contributed by atoms with E-state index in [9.17, 15) is 4.79 Å². The Hall–Kier alpha value is -1.64. The van der Waals surface area contributed by atoms with E-state index in [-0.39, 0.29) is 11.5 Å². The number of benzene rings is 1. The van der Waals surface area contributed by atoms with E-state index in [2.05, 4.69) is 5.16 Å². The highest BCUT2D eigenvalue weighted by molar-refractivity contribution is 6.45. The summed E-state index contributed by atoms with van der Waals surface area (Å²) in [5.41, 5.74) is 3.95. The molecule has 0 atom stereocenters. The van der Waals surface area contributed by atoms with E-state index >= 15 is 0 Å². The number of carbonyl (C=O) groups excluding carboxylic acids is 1. The van der Waals surface area contributed by atoms with E-state index in [0.29, 0.717) is 5.56 Å². The molecule has 0 fully saturated rings. The van der Waals surface area contributed by atoms with Crippen molar-refractivity contribution in [2.24, 2.45) is 5.16 Å². The average Bonchev–Trinajstić information content (AvgIpc) is 2.13. The van der Waals surface area contributed by atoms with Gasteiger partial charge in [0.1, 0.15) is 0 Å². The molecule has 3 nitrogen and oxygen atoms in total. The molecule has 0 spiro atoms. The summed E-state index contributed by atoms with van der Waals surface area (Å²) >= 11 is 0. The highest BCUT2D eigenvalue weighted by Gasteiger charge is 2.14. The lowest BCUT2D eigenvalue weighted by Crippen LogP contribution is -2.14. The summed E-state index contributed by atoms with van der Waals surface area (Å²) in [5, 5.41) is 11.9. The summed E-state index contributed by atoms with van der Waals surface area (Å²) in [5.74, 6) is -0.231. The van der Waals surface area contributed by atoms with Crippen LogP contribution in [0.1, 0.15) is 29.2 Å². The summed E-state index contributed by atoms with van der Waals surface area (Å²) < 4.78 is 0. The molecule has 0 aromatic heterocycles. The van der Waals surface area contributed by atoms with Crippen LogP contribution in [-0.2, 0) is 4.79 Å². The van der Waals surface area contributed by atoms with E-state index in [1.165, 1.54) is 6.92 Å². The average molecular weight is 205 g/mol. The van der Waals surface area contributed by atoms with E-state index in [0.717, 1.165) is 16.7 Å². The summed E-state index contributed by atoms with van der Waals surface area (Å²) in [7, 11) is 0. The number of hydrogen-bond acceptors (Lipinski definition) is 3. The Labute approximate surface area is 89.4 Å². The van der Waals surface area contributed by atoms with Crippen molar-refractivity contribution in [3.63, 3.8) is 0 Å². The number of Topliss-reactive ketones (excluding diaryl/α,β-unsaturated/α-hetero) is 1. The lowest BCUT2D eigenvalue weighted by atomic mass is 9.95. The maximum Gasteiger partial charge on any atom is 0.182 e. The molecule has 0 radical (unpaired) electrons. The Morgan fingerprint density at radius 2 is 1.87 bits per heavy atom. The van der Waals surface area contributed by atoms with Gasteiger partial charge in [0.25, 0.3) is 0 Å². The van der Waals surface area contributed by atoms with Crippen molar-refractivity contribution in [3.8, 4) is 0 Å². The Kier molecular flexibility index (Phi) is 3.24. The second-order valence-electron chi connectivity index (χ2n) is 3.76. The van der Waals surface area contributed by atoms with E-state index in [4.69, 9.17) is 5.21 Å². The summed E-state index contributed by atoms with van der Waals surface area (Å²) in [6, 6.07) is 3.90. The fourth-order valence-electron chi connectivity index (χ4n) is 1.60. The molecular weight excluding hydrogens is 190 g/mol. The molecule has 0 aliphatic carbocycles. The number of aryl methyl sites for hydroxylation is 2. The van der Waals surface area contributed by atoms with Crippen LogP contribution >= 0.6 is 0 Å². The van der Waals surface area contributed by atoms with Gasteiger partial charge in [0.05, 0.1) is 0 Å². The predicted molar refractivity (Wildman–Crippen MR) is 59.7 cm³/mol. The monoisotopic (exact) mass is 205 g/mol. The van der Waals surface area contributed by atoms with Crippen LogP contribution in [0.2, 0.25) is 0 Å². The molecule has 0 saturated carbocycles. The molecule has 0 aliphatic heterocycles. The second kappa shape index (κ2) is 4.26. The van der Waals surface area contributed by atoms with E-state index in [1.807, 2.05) is 32.9 Å². The normalized spacial score (nSPS) is 11.6. The standard InChI is InChI=1S/C12H15NO2/c1-7-5-8(2)9(3)11(6-7)12(13-15)10(4)14/h5-6,15H,1-4H3/b13-12+. The first kappa shape index (κ1) is 11.4. The van der Waals surface area contributed by atoms with Crippen LogP contribution in [0, 0.1) is 20.8 Å². The quantitative estimate of drug-likeness (QED) is 0.458. The predicted octanol–water partition coefficient (Wildman–Crippen LogP) is 2.38.